The van der Waals surface area contributed by atoms with Crippen LogP contribution >= 0.6 is 23.7 Å². The quantitative estimate of drug-likeness (QED) is 0.0296. The normalized spacial score (nSPS) is 12.0. The first-order chi connectivity index (χ1) is 20.6. The van der Waals surface area contributed by atoms with Gasteiger partial charge in [-0.3, -0.25) is 0 Å². The topological polar surface area (TPSA) is 0 Å². The van der Waals surface area contributed by atoms with Gasteiger partial charge in [0.2, 0.25) is 0 Å². The average molecular weight is 646 g/mol. The van der Waals surface area contributed by atoms with Gasteiger partial charge in [-0.15, -0.1) is 0 Å². The molecule has 0 aromatic carbocycles. The summed E-state index contributed by atoms with van der Waals surface area (Å²) in [5, 5.41) is 0. The van der Waals surface area contributed by atoms with Crippen molar-refractivity contribution in [2.75, 3.05) is 5.75 Å². The minimum atomic E-state index is -1.31. The van der Waals surface area contributed by atoms with Crippen LogP contribution < -0.4 is 0 Å². The van der Waals surface area contributed by atoms with E-state index in [1.54, 1.807) is 0 Å². The van der Waals surface area contributed by atoms with Crippen LogP contribution in [-0.2, 0) is 0 Å². The van der Waals surface area contributed by atoms with E-state index >= 15 is 0 Å². The SMILES string of the molecule is C[Si](C)(Cl)CCCCCCCCCCCCCCCCCCCCCCCCCCCCCCCCCCCCCS. The zero-order valence-electron chi connectivity index (χ0n) is 29.5. The first-order valence-electron chi connectivity index (χ1n) is 19.9. The van der Waals surface area contributed by atoms with Crippen LogP contribution in [0.1, 0.15) is 225 Å². The lowest BCUT2D eigenvalue weighted by atomic mass is 10.0. The largest absolute Gasteiger partial charge is 0.179 e. The Morgan fingerprint density at radius 1 is 0.286 bits per heavy atom. The molecule has 0 radical (unpaired) electrons. The Balaban J connectivity index is 3.04. The summed E-state index contributed by atoms with van der Waals surface area (Å²) in [5.41, 5.74) is 0. The van der Waals surface area contributed by atoms with Crippen LogP contribution in [0.2, 0.25) is 19.1 Å². The Labute approximate surface area is 279 Å². The van der Waals surface area contributed by atoms with E-state index in [4.69, 9.17) is 11.1 Å². The molecule has 0 aliphatic carbocycles. The molecule has 3 heteroatoms. The molecule has 0 aromatic heterocycles. The van der Waals surface area contributed by atoms with Crippen molar-refractivity contribution < 1.29 is 0 Å². The number of thiol groups is 1. The summed E-state index contributed by atoms with van der Waals surface area (Å²) in [7, 11) is -1.31. The third-order valence-corrected chi connectivity index (χ3v) is 11.9. The summed E-state index contributed by atoms with van der Waals surface area (Å²) in [6.45, 7) is 4.55. The van der Waals surface area contributed by atoms with Gasteiger partial charge >= 0.3 is 0 Å². The highest BCUT2D eigenvalue weighted by molar-refractivity contribution is 7.80. The van der Waals surface area contributed by atoms with Crippen molar-refractivity contribution in [3.8, 4) is 0 Å². The molecule has 42 heavy (non-hydrogen) atoms. The smallest absolute Gasteiger partial charge is 0.150 e. The van der Waals surface area contributed by atoms with Gasteiger partial charge in [-0.25, -0.2) is 0 Å². The van der Waals surface area contributed by atoms with E-state index in [0.29, 0.717) is 0 Å². The van der Waals surface area contributed by atoms with E-state index in [9.17, 15) is 0 Å². The standard InChI is InChI=1S/C39H81ClSSi/c1-42(2,40)39-37-35-33-31-29-27-25-23-21-19-17-15-13-11-9-7-5-3-4-6-8-10-12-14-16-18-20-22-24-26-28-30-32-34-36-38-41/h41H,3-39H2,1-2H3. The van der Waals surface area contributed by atoms with Gasteiger partial charge in [-0.2, -0.15) is 23.7 Å². The molecule has 0 nitrogen and oxygen atoms in total. The minimum absolute atomic E-state index is 1.07. The first kappa shape index (κ1) is 42.9. The molecular weight excluding hydrogens is 564 g/mol. The van der Waals surface area contributed by atoms with Crippen LogP contribution in [0.5, 0.6) is 0 Å². The fourth-order valence-electron chi connectivity index (χ4n) is 6.49. The van der Waals surface area contributed by atoms with Crippen molar-refractivity contribution in [3.63, 3.8) is 0 Å². The number of halogens is 1. The molecule has 0 aliphatic rings. The van der Waals surface area contributed by atoms with Crippen LogP contribution in [0.25, 0.3) is 0 Å². The van der Waals surface area contributed by atoms with Crippen LogP contribution in [0.15, 0.2) is 0 Å². The van der Waals surface area contributed by atoms with E-state index in [0.717, 1.165) is 5.75 Å². The Morgan fingerprint density at radius 3 is 0.571 bits per heavy atom. The van der Waals surface area contributed by atoms with Gasteiger partial charge in [0.1, 0.15) is 7.38 Å². The first-order valence-corrected chi connectivity index (χ1v) is 24.7. The fourth-order valence-corrected chi connectivity index (χ4v) is 8.21. The van der Waals surface area contributed by atoms with Crippen LogP contribution in [0.3, 0.4) is 0 Å². The Morgan fingerprint density at radius 2 is 0.429 bits per heavy atom. The second-order valence-electron chi connectivity index (χ2n) is 14.6. The summed E-state index contributed by atoms with van der Waals surface area (Å²) >= 11 is 10.7. The molecule has 0 N–H and O–H groups in total. The van der Waals surface area contributed by atoms with Crippen molar-refractivity contribution >= 4 is 31.1 Å². The zero-order chi connectivity index (χ0) is 30.7. The van der Waals surface area contributed by atoms with Gasteiger partial charge in [0.25, 0.3) is 0 Å². The second-order valence-corrected chi connectivity index (χ2v) is 22.0. The molecule has 0 amide bonds. The van der Waals surface area contributed by atoms with Gasteiger partial charge in [-0.1, -0.05) is 231 Å². The molecule has 0 bridgehead atoms. The Kier molecular flexibility index (Phi) is 37.1. The molecule has 0 heterocycles. The second kappa shape index (κ2) is 36.3. The van der Waals surface area contributed by atoms with Gasteiger partial charge in [0, 0.05) is 0 Å². The lowest BCUT2D eigenvalue weighted by Gasteiger charge is -2.11. The summed E-state index contributed by atoms with van der Waals surface area (Å²) in [4.78, 5) is 0. The zero-order valence-corrected chi connectivity index (χ0v) is 32.1. The molecule has 0 spiro atoms. The highest BCUT2D eigenvalue weighted by Crippen LogP contribution is 2.20. The molecule has 0 atom stereocenters. The summed E-state index contributed by atoms with van der Waals surface area (Å²) in [5.74, 6) is 1.07. The number of unbranched alkanes of at least 4 members (excludes halogenated alkanes) is 34. The molecule has 254 valence electrons. The molecule has 0 saturated carbocycles. The van der Waals surface area contributed by atoms with Gasteiger partial charge < -0.3 is 0 Å². The number of rotatable bonds is 37. The Bertz CT molecular complexity index is 477. The fraction of sp³-hybridized carbons (Fsp3) is 1.00. The van der Waals surface area contributed by atoms with E-state index in [1.165, 1.54) is 231 Å². The van der Waals surface area contributed by atoms with Crippen LogP contribution in [-0.4, -0.2) is 13.1 Å². The summed E-state index contributed by atoms with van der Waals surface area (Å²) < 4.78 is 0. The minimum Gasteiger partial charge on any atom is -0.179 e. The lowest BCUT2D eigenvalue weighted by Crippen LogP contribution is -2.14. The van der Waals surface area contributed by atoms with Gasteiger partial charge in [-0.05, 0) is 18.2 Å². The number of hydrogen-bond acceptors (Lipinski definition) is 1. The maximum absolute atomic E-state index is 6.40. The maximum atomic E-state index is 6.40. The van der Waals surface area contributed by atoms with E-state index in [1.807, 2.05) is 0 Å². The van der Waals surface area contributed by atoms with Crippen molar-refractivity contribution in [1.29, 1.82) is 0 Å². The van der Waals surface area contributed by atoms with Crippen molar-refractivity contribution in [3.05, 3.63) is 0 Å². The molecule has 0 unspecified atom stereocenters. The van der Waals surface area contributed by atoms with Crippen molar-refractivity contribution in [2.24, 2.45) is 0 Å². The highest BCUT2D eigenvalue weighted by atomic mass is 35.6. The van der Waals surface area contributed by atoms with E-state index < -0.39 is 7.38 Å². The molecule has 0 aromatic rings. The molecule has 0 fully saturated rings. The predicted molar refractivity (Wildman–Crippen MR) is 204 cm³/mol. The van der Waals surface area contributed by atoms with Crippen molar-refractivity contribution in [2.45, 2.75) is 244 Å². The monoisotopic (exact) mass is 645 g/mol. The lowest BCUT2D eigenvalue weighted by molar-refractivity contribution is 0.511. The third kappa shape index (κ3) is 40.9. The van der Waals surface area contributed by atoms with E-state index in [-0.39, 0.29) is 0 Å². The molecule has 0 rings (SSSR count). The summed E-state index contributed by atoms with van der Waals surface area (Å²) in [6.07, 6.45) is 51.2. The van der Waals surface area contributed by atoms with Crippen LogP contribution in [0.4, 0.5) is 0 Å². The van der Waals surface area contributed by atoms with Crippen molar-refractivity contribution in [1.82, 2.24) is 0 Å². The van der Waals surface area contributed by atoms with Crippen LogP contribution in [0, 0.1) is 0 Å². The van der Waals surface area contributed by atoms with E-state index in [2.05, 4.69) is 25.7 Å². The molecule has 0 saturated heterocycles. The summed E-state index contributed by atoms with van der Waals surface area (Å²) in [6, 6.07) is 1.30. The average Bonchev–Trinajstić information content (AvgIpc) is 2.96. The Hall–Kier alpha value is 0.857. The van der Waals surface area contributed by atoms with Gasteiger partial charge in [0.05, 0.1) is 0 Å². The molecule has 0 aliphatic heterocycles. The molecular formula is C39H81ClSSi. The number of hydrogen-bond donors (Lipinski definition) is 1. The third-order valence-electron chi connectivity index (χ3n) is 9.43. The van der Waals surface area contributed by atoms with Gasteiger partial charge in [0.15, 0.2) is 0 Å². The predicted octanol–water partition coefficient (Wildman–Crippen LogP) is 16.0. The highest BCUT2D eigenvalue weighted by Gasteiger charge is 2.15. The maximum Gasteiger partial charge on any atom is 0.150 e.